The van der Waals surface area contributed by atoms with Gasteiger partial charge in [-0.15, -0.1) is 0 Å². The van der Waals surface area contributed by atoms with E-state index in [1.165, 1.54) is 47.9 Å². The van der Waals surface area contributed by atoms with Crippen molar-refractivity contribution in [2.24, 2.45) is 0 Å². The lowest BCUT2D eigenvalue weighted by atomic mass is 9.71. The molecule has 1 heteroatoms. The van der Waals surface area contributed by atoms with Gasteiger partial charge in [0.25, 0.3) is 0 Å². The second-order valence-electron chi connectivity index (χ2n) is 6.64. The number of hydrogen-bond acceptors (Lipinski definition) is 1. The molecule has 1 aliphatic carbocycles. The summed E-state index contributed by atoms with van der Waals surface area (Å²) in [4.78, 5) is 0. The van der Waals surface area contributed by atoms with Crippen molar-refractivity contribution in [1.29, 1.82) is 5.26 Å². The lowest BCUT2D eigenvalue weighted by molar-refractivity contribution is 0.425. The zero-order valence-electron chi connectivity index (χ0n) is 14.0. The number of nitriles is 1. The molecule has 0 aliphatic heterocycles. The molecule has 118 valence electrons. The molecule has 0 saturated heterocycles. The molecule has 0 atom stereocenters. The molecule has 0 radical (unpaired) electrons. The molecule has 1 nitrogen and oxygen atoms in total. The van der Waals surface area contributed by atoms with Crippen LogP contribution in [0, 0.1) is 11.3 Å². The Kier molecular flexibility index (Phi) is 4.82. The zero-order chi connectivity index (χ0) is 16.1. The van der Waals surface area contributed by atoms with E-state index in [4.69, 9.17) is 0 Å². The quantitative estimate of drug-likeness (QED) is 0.556. The molecule has 3 rings (SSSR count). The van der Waals surface area contributed by atoms with Gasteiger partial charge in [-0.3, -0.25) is 0 Å². The standard InChI is InChI=1S/C22H25N/c1-2-3-4-9-15-22(16-10-17-23)20-13-7-5-11-18(20)19-12-6-8-14-21(19)22/h5-8,11-14H,2-4,9-10,15-16H2,1H3. The topological polar surface area (TPSA) is 23.8 Å². The summed E-state index contributed by atoms with van der Waals surface area (Å²) in [6, 6.07) is 20.0. The van der Waals surface area contributed by atoms with E-state index in [0.29, 0.717) is 6.42 Å². The Hall–Kier alpha value is -2.07. The summed E-state index contributed by atoms with van der Waals surface area (Å²) in [5.41, 5.74) is 5.66. The SMILES string of the molecule is CCCCCCC1(CCC#N)c2ccccc2-c2ccccc21. The van der Waals surface area contributed by atoms with Gasteiger partial charge < -0.3 is 0 Å². The van der Waals surface area contributed by atoms with E-state index < -0.39 is 0 Å². The first-order valence-corrected chi connectivity index (χ1v) is 8.90. The van der Waals surface area contributed by atoms with Crippen molar-refractivity contribution in [1.82, 2.24) is 0 Å². The van der Waals surface area contributed by atoms with Crippen molar-refractivity contribution in [2.75, 3.05) is 0 Å². The second-order valence-corrected chi connectivity index (χ2v) is 6.64. The Morgan fingerprint density at radius 2 is 1.43 bits per heavy atom. The van der Waals surface area contributed by atoms with Crippen molar-refractivity contribution in [3.63, 3.8) is 0 Å². The average molecular weight is 303 g/mol. The molecular weight excluding hydrogens is 278 g/mol. The molecule has 0 aromatic heterocycles. The number of rotatable bonds is 7. The van der Waals surface area contributed by atoms with E-state index in [-0.39, 0.29) is 5.41 Å². The third-order valence-electron chi connectivity index (χ3n) is 5.30. The fraction of sp³-hybridized carbons (Fsp3) is 0.409. The predicted octanol–water partition coefficient (Wildman–Crippen LogP) is 6.23. The molecular formula is C22H25N. The Morgan fingerprint density at radius 3 is 2.00 bits per heavy atom. The third-order valence-corrected chi connectivity index (χ3v) is 5.30. The summed E-state index contributed by atoms with van der Waals surface area (Å²) in [6.07, 6.45) is 7.80. The minimum absolute atomic E-state index is 0.0384. The third kappa shape index (κ3) is 2.79. The minimum Gasteiger partial charge on any atom is -0.198 e. The first-order valence-electron chi connectivity index (χ1n) is 8.90. The largest absolute Gasteiger partial charge is 0.198 e. The molecule has 0 amide bonds. The maximum atomic E-state index is 9.20. The molecule has 2 aromatic rings. The van der Waals surface area contributed by atoms with Crippen LogP contribution < -0.4 is 0 Å². The average Bonchev–Trinajstić information content (AvgIpc) is 2.88. The number of fused-ring (bicyclic) bond motifs is 3. The highest BCUT2D eigenvalue weighted by Gasteiger charge is 2.41. The van der Waals surface area contributed by atoms with E-state index in [1.54, 1.807) is 0 Å². The fourth-order valence-corrected chi connectivity index (χ4v) is 4.20. The van der Waals surface area contributed by atoms with Crippen LogP contribution in [-0.2, 0) is 5.41 Å². The summed E-state index contributed by atoms with van der Waals surface area (Å²) < 4.78 is 0. The van der Waals surface area contributed by atoms with E-state index in [1.807, 2.05) is 0 Å². The van der Waals surface area contributed by atoms with E-state index in [2.05, 4.69) is 61.5 Å². The Bertz CT molecular complexity index is 662. The van der Waals surface area contributed by atoms with E-state index in [0.717, 1.165) is 12.8 Å². The molecule has 0 heterocycles. The van der Waals surface area contributed by atoms with Gasteiger partial charge in [0, 0.05) is 11.8 Å². The maximum Gasteiger partial charge on any atom is 0.0622 e. The van der Waals surface area contributed by atoms with E-state index >= 15 is 0 Å². The highest BCUT2D eigenvalue weighted by Crippen LogP contribution is 2.53. The smallest absolute Gasteiger partial charge is 0.0622 e. The summed E-state index contributed by atoms with van der Waals surface area (Å²) in [5, 5.41) is 9.20. The summed E-state index contributed by atoms with van der Waals surface area (Å²) in [6.45, 7) is 2.26. The molecule has 1 aliphatic rings. The van der Waals surface area contributed by atoms with Crippen molar-refractivity contribution in [2.45, 2.75) is 57.3 Å². The lowest BCUT2D eigenvalue weighted by Gasteiger charge is -2.32. The van der Waals surface area contributed by atoms with Gasteiger partial charge in [-0.2, -0.15) is 5.26 Å². The van der Waals surface area contributed by atoms with Crippen LogP contribution in [0.25, 0.3) is 11.1 Å². The van der Waals surface area contributed by atoms with Crippen LogP contribution in [0.15, 0.2) is 48.5 Å². The van der Waals surface area contributed by atoms with E-state index in [9.17, 15) is 5.26 Å². The van der Waals surface area contributed by atoms with Gasteiger partial charge in [0.2, 0.25) is 0 Å². The molecule has 0 fully saturated rings. The van der Waals surface area contributed by atoms with Crippen LogP contribution in [0.1, 0.15) is 63.0 Å². The monoisotopic (exact) mass is 303 g/mol. The first-order chi connectivity index (χ1) is 11.3. The van der Waals surface area contributed by atoms with Crippen LogP contribution in [-0.4, -0.2) is 0 Å². The van der Waals surface area contributed by atoms with Crippen LogP contribution in [0.5, 0.6) is 0 Å². The molecule has 0 saturated carbocycles. The number of nitrogens with zero attached hydrogens (tertiary/aromatic N) is 1. The van der Waals surface area contributed by atoms with Gasteiger partial charge in [-0.25, -0.2) is 0 Å². The Balaban J connectivity index is 2.04. The van der Waals surface area contributed by atoms with Crippen molar-refractivity contribution >= 4 is 0 Å². The Morgan fingerprint density at radius 1 is 0.826 bits per heavy atom. The molecule has 23 heavy (non-hydrogen) atoms. The van der Waals surface area contributed by atoms with Crippen LogP contribution in [0.3, 0.4) is 0 Å². The number of benzene rings is 2. The van der Waals surface area contributed by atoms with Gasteiger partial charge in [0.1, 0.15) is 0 Å². The highest BCUT2D eigenvalue weighted by molar-refractivity contribution is 5.80. The van der Waals surface area contributed by atoms with Gasteiger partial charge in [-0.1, -0.05) is 81.1 Å². The molecule has 0 unspecified atom stereocenters. The van der Waals surface area contributed by atoms with Gasteiger partial charge in [-0.05, 0) is 35.1 Å². The molecule has 0 N–H and O–H groups in total. The molecule has 2 aromatic carbocycles. The predicted molar refractivity (Wildman–Crippen MR) is 96.3 cm³/mol. The van der Waals surface area contributed by atoms with Crippen molar-refractivity contribution < 1.29 is 0 Å². The van der Waals surface area contributed by atoms with Crippen LogP contribution >= 0.6 is 0 Å². The second kappa shape index (κ2) is 7.01. The maximum absolute atomic E-state index is 9.20. The van der Waals surface area contributed by atoms with Crippen molar-refractivity contribution in [3.8, 4) is 17.2 Å². The minimum atomic E-state index is 0.0384. The molecule has 0 bridgehead atoms. The lowest BCUT2D eigenvalue weighted by Crippen LogP contribution is -2.25. The van der Waals surface area contributed by atoms with Gasteiger partial charge in [0.15, 0.2) is 0 Å². The summed E-state index contributed by atoms with van der Waals surface area (Å²) in [5.74, 6) is 0. The van der Waals surface area contributed by atoms with Gasteiger partial charge >= 0.3 is 0 Å². The van der Waals surface area contributed by atoms with Crippen LogP contribution in [0.4, 0.5) is 0 Å². The Labute approximate surface area is 140 Å². The first kappa shape index (κ1) is 15.8. The van der Waals surface area contributed by atoms with Crippen LogP contribution in [0.2, 0.25) is 0 Å². The summed E-state index contributed by atoms with van der Waals surface area (Å²) in [7, 11) is 0. The van der Waals surface area contributed by atoms with Gasteiger partial charge in [0.05, 0.1) is 6.07 Å². The number of unbranched alkanes of at least 4 members (excludes halogenated alkanes) is 3. The highest BCUT2D eigenvalue weighted by atomic mass is 14.4. The summed E-state index contributed by atoms with van der Waals surface area (Å²) >= 11 is 0. The number of hydrogen-bond donors (Lipinski definition) is 0. The zero-order valence-corrected chi connectivity index (χ0v) is 14.0. The fourth-order valence-electron chi connectivity index (χ4n) is 4.20. The molecule has 0 spiro atoms. The normalized spacial score (nSPS) is 14.1. The van der Waals surface area contributed by atoms with Crippen molar-refractivity contribution in [3.05, 3.63) is 59.7 Å².